The van der Waals surface area contributed by atoms with Crippen molar-refractivity contribution >= 4 is 23.4 Å². The molecule has 1 atom stereocenters. The maximum atomic E-state index is 11.1. The van der Waals surface area contributed by atoms with Gasteiger partial charge in [-0.1, -0.05) is 30.3 Å². The van der Waals surface area contributed by atoms with Crippen LogP contribution in [0.3, 0.4) is 0 Å². The zero-order valence-corrected chi connectivity index (χ0v) is 21.1. The molecule has 3 heterocycles. The SMILES string of the molecule is CCOc1ccccc1O[C@@H]1CCCN(c2cncc(Nc3cccc(-c4ccc(C(=O)O)cc4)n3)n2)C1. The summed E-state index contributed by atoms with van der Waals surface area (Å²) in [6, 6.07) is 20.0. The minimum absolute atomic E-state index is 0.00892. The minimum atomic E-state index is -0.958. The van der Waals surface area contributed by atoms with Crippen LogP contribution in [0, 0.1) is 0 Å². The van der Waals surface area contributed by atoms with Gasteiger partial charge in [0.2, 0.25) is 0 Å². The zero-order chi connectivity index (χ0) is 26.3. The van der Waals surface area contributed by atoms with E-state index in [1.165, 1.54) is 0 Å². The Morgan fingerprint density at radius 2 is 1.82 bits per heavy atom. The highest BCUT2D eigenvalue weighted by atomic mass is 16.5. The van der Waals surface area contributed by atoms with Crippen molar-refractivity contribution in [2.75, 3.05) is 29.9 Å². The van der Waals surface area contributed by atoms with Crippen LogP contribution in [0.15, 0.2) is 79.1 Å². The molecule has 38 heavy (non-hydrogen) atoms. The van der Waals surface area contributed by atoms with Crippen LogP contribution in [0.2, 0.25) is 0 Å². The van der Waals surface area contributed by atoms with Crippen molar-refractivity contribution in [2.45, 2.75) is 25.9 Å². The molecular weight excluding hydrogens is 482 g/mol. The summed E-state index contributed by atoms with van der Waals surface area (Å²) >= 11 is 0. The van der Waals surface area contributed by atoms with E-state index in [0.717, 1.165) is 48.0 Å². The molecule has 9 heteroatoms. The van der Waals surface area contributed by atoms with Gasteiger partial charge in [0.1, 0.15) is 17.7 Å². The summed E-state index contributed by atoms with van der Waals surface area (Å²) in [5.74, 6) is 2.51. The van der Waals surface area contributed by atoms with E-state index in [9.17, 15) is 4.79 Å². The number of nitrogens with zero attached hydrogens (tertiary/aromatic N) is 4. The van der Waals surface area contributed by atoms with Crippen molar-refractivity contribution in [1.29, 1.82) is 0 Å². The molecule has 4 aromatic rings. The molecule has 1 saturated heterocycles. The van der Waals surface area contributed by atoms with E-state index in [-0.39, 0.29) is 11.7 Å². The lowest BCUT2D eigenvalue weighted by Crippen LogP contribution is -2.41. The molecule has 1 fully saturated rings. The Kier molecular flexibility index (Phi) is 7.63. The van der Waals surface area contributed by atoms with Crippen molar-refractivity contribution in [3.05, 3.63) is 84.7 Å². The summed E-state index contributed by atoms with van der Waals surface area (Å²) in [5.41, 5.74) is 1.78. The fourth-order valence-electron chi connectivity index (χ4n) is 4.39. The smallest absolute Gasteiger partial charge is 0.335 e. The van der Waals surface area contributed by atoms with Gasteiger partial charge in [-0.3, -0.25) is 4.98 Å². The molecule has 2 N–H and O–H groups in total. The Balaban J connectivity index is 1.27. The van der Waals surface area contributed by atoms with Crippen LogP contribution < -0.4 is 19.7 Å². The van der Waals surface area contributed by atoms with E-state index in [1.807, 2.05) is 49.4 Å². The van der Waals surface area contributed by atoms with E-state index in [2.05, 4.69) is 20.2 Å². The number of carbonyl (C=O) groups is 1. The maximum Gasteiger partial charge on any atom is 0.335 e. The number of nitrogens with one attached hydrogen (secondary N) is 1. The van der Waals surface area contributed by atoms with Crippen LogP contribution >= 0.6 is 0 Å². The number of aromatic nitrogens is 3. The van der Waals surface area contributed by atoms with Gasteiger partial charge in [-0.2, -0.15) is 0 Å². The highest BCUT2D eigenvalue weighted by Crippen LogP contribution is 2.30. The van der Waals surface area contributed by atoms with Crippen molar-refractivity contribution in [3.8, 4) is 22.8 Å². The van der Waals surface area contributed by atoms with Crippen LogP contribution in [-0.4, -0.2) is 51.8 Å². The second-order valence-corrected chi connectivity index (χ2v) is 8.89. The number of hydrogen-bond acceptors (Lipinski definition) is 8. The number of para-hydroxylation sites is 2. The number of anilines is 3. The Labute approximate surface area is 221 Å². The summed E-state index contributed by atoms with van der Waals surface area (Å²) < 4.78 is 12.0. The van der Waals surface area contributed by atoms with Gasteiger partial charge in [-0.25, -0.2) is 14.8 Å². The molecule has 9 nitrogen and oxygen atoms in total. The third-order valence-electron chi connectivity index (χ3n) is 6.20. The van der Waals surface area contributed by atoms with Crippen molar-refractivity contribution < 1.29 is 19.4 Å². The van der Waals surface area contributed by atoms with E-state index in [1.54, 1.807) is 36.7 Å². The van der Waals surface area contributed by atoms with Gasteiger partial charge in [0.25, 0.3) is 0 Å². The Bertz CT molecular complexity index is 1400. The van der Waals surface area contributed by atoms with Gasteiger partial charge in [0.05, 0.1) is 36.8 Å². The summed E-state index contributed by atoms with van der Waals surface area (Å²) in [6.07, 6.45) is 5.36. The van der Waals surface area contributed by atoms with Gasteiger partial charge in [-0.05, 0) is 56.2 Å². The minimum Gasteiger partial charge on any atom is -0.490 e. The van der Waals surface area contributed by atoms with Gasteiger partial charge >= 0.3 is 5.97 Å². The van der Waals surface area contributed by atoms with Crippen LogP contribution in [0.25, 0.3) is 11.3 Å². The molecule has 194 valence electrons. The normalized spacial score (nSPS) is 15.1. The molecule has 0 unspecified atom stereocenters. The van der Waals surface area contributed by atoms with E-state index >= 15 is 0 Å². The number of piperidine rings is 1. The third kappa shape index (κ3) is 6.00. The van der Waals surface area contributed by atoms with Crippen molar-refractivity contribution in [1.82, 2.24) is 15.0 Å². The fraction of sp³-hybridized carbons (Fsp3) is 0.241. The first kappa shape index (κ1) is 25.0. The van der Waals surface area contributed by atoms with Crippen LogP contribution in [0.1, 0.15) is 30.1 Å². The molecule has 0 spiro atoms. The summed E-state index contributed by atoms with van der Waals surface area (Å²) in [6.45, 7) is 4.11. The van der Waals surface area contributed by atoms with Gasteiger partial charge in [0, 0.05) is 12.1 Å². The lowest BCUT2D eigenvalue weighted by molar-refractivity contribution is 0.0697. The zero-order valence-electron chi connectivity index (χ0n) is 21.1. The van der Waals surface area contributed by atoms with Gasteiger partial charge in [0.15, 0.2) is 17.3 Å². The largest absolute Gasteiger partial charge is 0.490 e. The lowest BCUT2D eigenvalue weighted by atomic mass is 10.1. The van der Waals surface area contributed by atoms with Crippen LogP contribution in [0.5, 0.6) is 11.5 Å². The molecular formula is C29H29N5O4. The summed E-state index contributed by atoms with van der Waals surface area (Å²) in [4.78, 5) is 27.2. The van der Waals surface area contributed by atoms with Gasteiger partial charge in [-0.15, -0.1) is 0 Å². The number of carboxylic acids is 1. The Hall–Kier alpha value is -4.66. The maximum absolute atomic E-state index is 11.1. The average molecular weight is 512 g/mol. The van der Waals surface area contributed by atoms with Crippen LogP contribution in [-0.2, 0) is 0 Å². The molecule has 0 bridgehead atoms. The summed E-state index contributed by atoms with van der Waals surface area (Å²) in [5, 5.41) is 12.4. The molecule has 0 saturated carbocycles. The first-order valence-electron chi connectivity index (χ1n) is 12.6. The average Bonchev–Trinajstić information content (AvgIpc) is 2.95. The van der Waals surface area contributed by atoms with Crippen molar-refractivity contribution in [3.63, 3.8) is 0 Å². The number of carboxylic acid groups (broad SMARTS) is 1. The fourth-order valence-corrected chi connectivity index (χ4v) is 4.39. The first-order valence-corrected chi connectivity index (χ1v) is 12.6. The predicted molar refractivity (Wildman–Crippen MR) is 145 cm³/mol. The number of hydrogen-bond donors (Lipinski definition) is 2. The molecule has 0 amide bonds. The van der Waals surface area contributed by atoms with Gasteiger partial charge < -0.3 is 24.8 Å². The number of ether oxygens (including phenoxy) is 2. The Morgan fingerprint density at radius 3 is 2.61 bits per heavy atom. The number of benzene rings is 2. The topological polar surface area (TPSA) is 110 Å². The molecule has 2 aromatic carbocycles. The molecule has 0 aliphatic carbocycles. The molecule has 5 rings (SSSR count). The van der Waals surface area contributed by atoms with E-state index in [4.69, 9.17) is 19.6 Å². The molecule has 1 aliphatic heterocycles. The molecule has 1 aliphatic rings. The number of aromatic carboxylic acids is 1. The number of rotatable bonds is 9. The monoisotopic (exact) mass is 511 g/mol. The highest BCUT2D eigenvalue weighted by Gasteiger charge is 2.24. The van der Waals surface area contributed by atoms with E-state index < -0.39 is 5.97 Å². The quantitative estimate of drug-likeness (QED) is 0.304. The third-order valence-corrected chi connectivity index (χ3v) is 6.20. The highest BCUT2D eigenvalue weighted by molar-refractivity contribution is 5.88. The molecule has 0 radical (unpaired) electrons. The van der Waals surface area contributed by atoms with Crippen molar-refractivity contribution in [2.24, 2.45) is 0 Å². The second kappa shape index (κ2) is 11.6. The first-order chi connectivity index (χ1) is 18.6. The van der Waals surface area contributed by atoms with E-state index in [0.29, 0.717) is 24.8 Å². The lowest BCUT2D eigenvalue weighted by Gasteiger charge is -2.33. The molecule has 2 aromatic heterocycles. The second-order valence-electron chi connectivity index (χ2n) is 8.89. The predicted octanol–water partition coefficient (Wildman–Crippen LogP) is 5.43. The standard InChI is InChI=1S/C29H29N5O4/c1-2-37-24-9-3-4-10-25(24)38-22-7-6-16-34(19-22)28-18-30-17-27(33-28)32-26-11-5-8-23(31-26)20-12-14-21(15-13-20)29(35)36/h3-5,8-15,17-18,22H,2,6-7,16,19H2,1H3,(H,35,36)(H,31,32,33)/t22-/m1/s1. The van der Waals surface area contributed by atoms with Crippen LogP contribution in [0.4, 0.5) is 17.5 Å². The Morgan fingerprint density at radius 1 is 1.00 bits per heavy atom. The summed E-state index contributed by atoms with van der Waals surface area (Å²) in [7, 11) is 0. The number of pyridine rings is 1.